The van der Waals surface area contributed by atoms with Crippen molar-refractivity contribution in [3.8, 4) is 5.75 Å². The lowest BCUT2D eigenvalue weighted by molar-refractivity contribution is -0.0193. The maximum Gasteiger partial charge on any atom is 0.159 e. The largest absolute Gasteiger partial charge is 0.489 e. The summed E-state index contributed by atoms with van der Waals surface area (Å²) in [4.78, 5) is 0. The first-order chi connectivity index (χ1) is 12.6. The molecule has 0 unspecified atom stereocenters. The molecule has 4 rings (SSSR count). The predicted molar refractivity (Wildman–Crippen MR) is 103 cm³/mol. The monoisotopic (exact) mass is 395 g/mol. The Hall–Kier alpha value is -1.69. The number of piperidine rings is 1. The number of hydrogen-bond acceptors (Lipinski definition) is 3. The molecule has 2 saturated heterocycles. The molecule has 6 heteroatoms. The first-order valence-electron chi connectivity index (χ1n) is 9.15. The van der Waals surface area contributed by atoms with Gasteiger partial charge in [-0.1, -0.05) is 18.2 Å². The number of hydrogen-bond donors (Lipinski definition) is 1. The zero-order valence-corrected chi connectivity index (χ0v) is 15.9. The van der Waals surface area contributed by atoms with E-state index in [0.717, 1.165) is 51.1 Å². The van der Waals surface area contributed by atoms with E-state index in [2.05, 4.69) is 17.4 Å². The molecule has 2 aromatic carbocycles. The number of ether oxygens (including phenoxy) is 2. The molecular formula is C21H24ClF2NO2. The van der Waals surface area contributed by atoms with Crippen LogP contribution in [0.4, 0.5) is 8.78 Å². The molecule has 1 N–H and O–H groups in total. The van der Waals surface area contributed by atoms with Crippen molar-refractivity contribution in [1.29, 1.82) is 0 Å². The minimum absolute atomic E-state index is 0. The molecule has 0 saturated carbocycles. The van der Waals surface area contributed by atoms with Crippen molar-refractivity contribution in [3.63, 3.8) is 0 Å². The van der Waals surface area contributed by atoms with E-state index in [1.807, 2.05) is 12.1 Å². The highest BCUT2D eigenvalue weighted by Crippen LogP contribution is 2.41. The van der Waals surface area contributed by atoms with Gasteiger partial charge in [0, 0.05) is 5.92 Å². The average molecular weight is 396 g/mol. The van der Waals surface area contributed by atoms with Crippen LogP contribution in [0.5, 0.6) is 5.75 Å². The Morgan fingerprint density at radius 3 is 2.48 bits per heavy atom. The lowest BCUT2D eigenvalue weighted by atomic mass is 9.84. The highest BCUT2D eigenvalue weighted by atomic mass is 35.5. The molecule has 2 aromatic rings. The van der Waals surface area contributed by atoms with Gasteiger partial charge in [-0.15, -0.1) is 12.4 Å². The summed E-state index contributed by atoms with van der Waals surface area (Å²) in [6.45, 7) is 3.04. The van der Waals surface area contributed by atoms with Gasteiger partial charge >= 0.3 is 0 Å². The second-order valence-corrected chi connectivity index (χ2v) is 7.25. The van der Waals surface area contributed by atoms with Crippen molar-refractivity contribution >= 4 is 12.4 Å². The van der Waals surface area contributed by atoms with Crippen LogP contribution in [-0.4, -0.2) is 25.3 Å². The predicted octanol–water partition coefficient (Wildman–Crippen LogP) is 4.59. The van der Waals surface area contributed by atoms with E-state index in [0.29, 0.717) is 17.2 Å². The Bertz CT molecular complexity index is 763. The minimum atomic E-state index is -0.852. The fourth-order valence-electron chi connectivity index (χ4n) is 3.92. The van der Waals surface area contributed by atoms with Gasteiger partial charge in [-0.25, -0.2) is 8.78 Å². The zero-order chi connectivity index (χ0) is 18.0. The summed E-state index contributed by atoms with van der Waals surface area (Å²) in [7, 11) is 0. The molecule has 3 nitrogen and oxygen atoms in total. The van der Waals surface area contributed by atoms with Crippen molar-refractivity contribution in [3.05, 3.63) is 65.2 Å². The lowest BCUT2D eigenvalue weighted by Crippen LogP contribution is -2.41. The molecule has 2 aliphatic heterocycles. The van der Waals surface area contributed by atoms with E-state index in [9.17, 15) is 8.78 Å². The fraction of sp³-hybridized carbons (Fsp3) is 0.429. The molecule has 0 aromatic heterocycles. The molecule has 1 spiro atoms. The maximum atomic E-state index is 13.2. The number of nitrogens with one attached hydrogen (secondary N) is 1. The summed E-state index contributed by atoms with van der Waals surface area (Å²) in [5.41, 5.74) is 1.92. The highest BCUT2D eigenvalue weighted by Gasteiger charge is 2.41. The molecule has 2 aliphatic rings. The number of halogens is 3. The summed E-state index contributed by atoms with van der Waals surface area (Å²) in [6.07, 6.45) is 3.24. The lowest BCUT2D eigenvalue weighted by Gasteiger charge is -2.33. The summed E-state index contributed by atoms with van der Waals surface area (Å²) in [5, 5.41) is 3.39. The van der Waals surface area contributed by atoms with Gasteiger partial charge in [-0.2, -0.15) is 0 Å². The van der Waals surface area contributed by atoms with Crippen molar-refractivity contribution < 1.29 is 18.3 Å². The first-order valence-corrected chi connectivity index (χ1v) is 9.15. The Kier molecular flexibility index (Phi) is 6.35. The normalized spacial score (nSPS) is 21.0. The third-order valence-corrected chi connectivity index (χ3v) is 5.46. The van der Waals surface area contributed by atoms with Gasteiger partial charge in [0.1, 0.15) is 12.4 Å². The fourth-order valence-corrected chi connectivity index (χ4v) is 3.92. The second-order valence-electron chi connectivity index (χ2n) is 7.25. The van der Waals surface area contributed by atoms with Gasteiger partial charge in [0.25, 0.3) is 0 Å². The average Bonchev–Trinajstić information content (AvgIpc) is 3.07. The maximum absolute atomic E-state index is 13.2. The van der Waals surface area contributed by atoms with Crippen LogP contribution in [0.2, 0.25) is 0 Å². The van der Waals surface area contributed by atoms with E-state index in [4.69, 9.17) is 9.47 Å². The molecule has 0 aliphatic carbocycles. The first kappa shape index (κ1) is 20.1. The van der Waals surface area contributed by atoms with Crippen molar-refractivity contribution in [1.82, 2.24) is 5.32 Å². The minimum Gasteiger partial charge on any atom is -0.489 e. The van der Waals surface area contributed by atoms with Crippen molar-refractivity contribution in [2.24, 2.45) is 0 Å². The van der Waals surface area contributed by atoms with Crippen LogP contribution in [0.15, 0.2) is 42.5 Å². The van der Waals surface area contributed by atoms with E-state index in [1.165, 1.54) is 11.6 Å². The van der Waals surface area contributed by atoms with E-state index >= 15 is 0 Å². The standard InChI is InChI=1S/C21H23F2NO2.ClH/c22-19-6-1-15(11-20(19)23)13-25-18-4-2-16(3-5-18)17-12-21(26-14-17)7-9-24-10-8-21;/h1-6,11,17,24H,7-10,12-14H2;1H/t17-;/m0./s1. The quantitative estimate of drug-likeness (QED) is 0.821. The molecule has 27 heavy (non-hydrogen) atoms. The van der Waals surface area contributed by atoms with Crippen LogP contribution in [0.25, 0.3) is 0 Å². The van der Waals surface area contributed by atoms with Crippen LogP contribution in [0.3, 0.4) is 0 Å². The van der Waals surface area contributed by atoms with Gasteiger partial charge in [0.05, 0.1) is 12.2 Å². The summed E-state index contributed by atoms with van der Waals surface area (Å²) in [5.74, 6) is -0.555. The van der Waals surface area contributed by atoms with Crippen LogP contribution in [0.1, 0.15) is 36.3 Å². The highest BCUT2D eigenvalue weighted by molar-refractivity contribution is 5.85. The van der Waals surface area contributed by atoms with Crippen molar-refractivity contribution in [2.75, 3.05) is 19.7 Å². The van der Waals surface area contributed by atoms with Gasteiger partial charge in [-0.05, 0) is 67.7 Å². The summed E-state index contributed by atoms with van der Waals surface area (Å²) < 4.78 is 38.0. The Balaban J connectivity index is 0.00000210. The summed E-state index contributed by atoms with van der Waals surface area (Å²) in [6, 6.07) is 11.8. The van der Waals surface area contributed by atoms with Gasteiger partial charge in [0.2, 0.25) is 0 Å². The number of benzene rings is 2. The Labute approximate surface area is 164 Å². The summed E-state index contributed by atoms with van der Waals surface area (Å²) >= 11 is 0. The Morgan fingerprint density at radius 2 is 1.78 bits per heavy atom. The van der Waals surface area contributed by atoms with Crippen molar-refractivity contribution in [2.45, 2.75) is 37.4 Å². The van der Waals surface area contributed by atoms with E-state index in [1.54, 1.807) is 0 Å². The molecule has 2 fully saturated rings. The molecule has 2 heterocycles. The van der Waals surface area contributed by atoms with E-state index in [-0.39, 0.29) is 24.6 Å². The van der Waals surface area contributed by atoms with Gasteiger partial charge < -0.3 is 14.8 Å². The third-order valence-electron chi connectivity index (χ3n) is 5.46. The molecular weight excluding hydrogens is 372 g/mol. The van der Waals surface area contributed by atoms with Crippen LogP contribution in [-0.2, 0) is 11.3 Å². The van der Waals surface area contributed by atoms with Gasteiger partial charge in [-0.3, -0.25) is 0 Å². The Morgan fingerprint density at radius 1 is 1.04 bits per heavy atom. The molecule has 1 atom stereocenters. The SMILES string of the molecule is Cl.Fc1ccc(COc2ccc([C@@H]3COC4(CCNCC4)C3)cc2)cc1F. The second kappa shape index (κ2) is 8.55. The van der Waals surface area contributed by atoms with Crippen LogP contribution >= 0.6 is 12.4 Å². The smallest absolute Gasteiger partial charge is 0.159 e. The van der Waals surface area contributed by atoms with E-state index < -0.39 is 11.6 Å². The topological polar surface area (TPSA) is 30.5 Å². The molecule has 0 amide bonds. The molecule has 0 radical (unpaired) electrons. The van der Waals surface area contributed by atoms with Crippen LogP contribution in [0, 0.1) is 11.6 Å². The van der Waals surface area contributed by atoms with Crippen LogP contribution < -0.4 is 10.1 Å². The molecule has 146 valence electrons. The third kappa shape index (κ3) is 4.60. The molecule has 0 bridgehead atoms. The van der Waals surface area contributed by atoms with Gasteiger partial charge in [0.15, 0.2) is 11.6 Å². The zero-order valence-electron chi connectivity index (χ0n) is 15.0. The number of rotatable bonds is 4.